The third kappa shape index (κ3) is 3.38. The third-order valence-corrected chi connectivity index (χ3v) is 4.43. The van der Waals surface area contributed by atoms with Crippen molar-refractivity contribution < 1.29 is 18.0 Å². The van der Waals surface area contributed by atoms with Crippen LogP contribution in [0.15, 0.2) is 24.3 Å². The van der Waals surface area contributed by atoms with E-state index in [2.05, 4.69) is 5.32 Å². The Morgan fingerprint density at radius 2 is 1.95 bits per heavy atom. The van der Waals surface area contributed by atoms with Crippen molar-refractivity contribution in [3.8, 4) is 0 Å². The van der Waals surface area contributed by atoms with E-state index < -0.39 is 11.7 Å². The van der Waals surface area contributed by atoms with Crippen LogP contribution in [-0.2, 0) is 6.18 Å². The highest BCUT2D eigenvalue weighted by Gasteiger charge is 2.35. The first-order valence-corrected chi connectivity index (χ1v) is 7.12. The molecule has 0 aliphatic carbocycles. The molecule has 3 nitrogen and oxygen atoms in total. The monoisotopic (exact) mass is 334 g/mol. The first-order valence-electron chi connectivity index (χ1n) is 7.12. The Morgan fingerprint density at radius 1 is 1.23 bits per heavy atom. The lowest BCUT2D eigenvalue weighted by atomic mass is 9.88. The number of hydrogen-bond acceptors (Lipinski definition) is 2. The molecule has 2 atom stereocenters. The highest BCUT2D eigenvalue weighted by Crippen LogP contribution is 2.31. The molecule has 1 aromatic rings. The van der Waals surface area contributed by atoms with Gasteiger partial charge in [0.05, 0.1) is 5.56 Å². The standard InChI is InChI=1S/C15H17F3N2O.ClH/c16-15(17,18)13-3-1-2-10(6-13)14(21)20-5-4-11-7-19-8-12(11)9-20;/h1-3,6,11-12,19H,4-5,7-9H2;1H. The molecule has 0 aromatic heterocycles. The van der Waals surface area contributed by atoms with Crippen LogP contribution in [0, 0.1) is 11.8 Å². The van der Waals surface area contributed by atoms with Gasteiger partial charge < -0.3 is 10.2 Å². The summed E-state index contributed by atoms with van der Waals surface area (Å²) in [6.07, 6.45) is -3.50. The lowest BCUT2D eigenvalue weighted by molar-refractivity contribution is -0.137. The van der Waals surface area contributed by atoms with Crippen molar-refractivity contribution in [2.75, 3.05) is 26.2 Å². The summed E-state index contributed by atoms with van der Waals surface area (Å²) in [6, 6.07) is 4.68. The van der Waals surface area contributed by atoms with E-state index >= 15 is 0 Å². The summed E-state index contributed by atoms with van der Waals surface area (Å²) in [4.78, 5) is 14.1. The van der Waals surface area contributed by atoms with Crippen molar-refractivity contribution in [2.45, 2.75) is 12.6 Å². The van der Waals surface area contributed by atoms with Gasteiger partial charge in [-0.25, -0.2) is 0 Å². The van der Waals surface area contributed by atoms with Crippen LogP contribution in [-0.4, -0.2) is 37.0 Å². The fraction of sp³-hybridized carbons (Fsp3) is 0.533. The van der Waals surface area contributed by atoms with Gasteiger partial charge in [0.15, 0.2) is 0 Å². The van der Waals surface area contributed by atoms with Gasteiger partial charge in [-0.15, -0.1) is 12.4 Å². The maximum absolute atomic E-state index is 12.7. The molecule has 0 saturated carbocycles. The summed E-state index contributed by atoms with van der Waals surface area (Å²) in [5.41, 5.74) is -0.653. The summed E-state index contributed by atoms with van der Waals surface area (Å²) < 4.78 is 38.1. The average molecular weight is 335 g/mol. The topological polar surface area (TPSA) is 32.3 Å². The van der Waals surface area contributed by atoms with E-state index in [-0.39, 0.29) is 23.9 Å². The minimum atomic E-state index is -4.42. The minimum absolute atomic E-state index is 0. The summed E-state index contributed by atoms with van der Waals surface area (Å²) in [7, 11) is 0. The van der Waals surface area contributed by atoms with Crippen molar-refractivity contribution in [3.63, 3.8) is 0 Å². The van der Waals surface area contributed by atoms with Crippen LogP contribution in [0.1, 0.15) is 22.3 Å². The number of nitrogens with one attached hydrogen (secondary N) is 1. The van der Waals surface area contributed by atoms with E-state index in [9.17, 15) is 18.0 Å². The average Bonchev–Trinajstić information content (AvgIpc) is 2.93. The highest BCUT2D eigenvalue weighted by molar-refractivity contribution is 5.94. The summed E-state index contributed by atoms with van der Waals surface area (Å²) >= 11 is 0. The number of carbonyl (C=O) groups excluding carboxylic acids is 1. The quantitative estimate of drug-likeness (QED) is 0.856. The molecule has 122 valence electrons. The first kappa shape index (κ1) is 17.1. The van der Waals surface area contributed by atoms with Crippen LogP contribution in [0.4, 0.5) is 13.2 Å². The van der Waals surface area contributed by atoms with Gasteiger partial charge >= 0.3 is 6.18 Å². The molecule has 0 radical (unpaired) electrons. The van der Waals surface area contributed by atoms with Gasteiger partial charge in [0.1, 0.15) is 0 Å². The molecule has 1 N–H and O–H groups in total. The fourth-order valence-corrected chi connectivity index (χ4v) is 3.23. The van der Waals surface area contributed by atoms with E-state index in [1.165, 1.54) is 12.1 Å². The molecule has 22 heavy (non-hydrogen) atoms. The molecule has 7 heteroatoms. The predicted molar refractivity (Wildman–Crippen MR) is 79.1 cm³/mol. The molecular weight excluding hydrogens is 317 g/mol. The largest absolute Gasteiger partial charge is 0.416 e. The van der Waals surface area contributed by atoms with Crippen LogP contribution >= 0.6 is 12.4 Å². The van der Waals surface area contributed by atoms with Crippen molar-refractivity contribution in [1.82, 2.24) is 10.2 Å². The zero-order valence-electron chi connectivity index (χ0n) is 11.9. The van der Waals surface area contributed by atoms with E-state index in [1.54, 1.807) is 4.90 Å². The number of rotatable bonds is 1. The Morgan fingerprint density at radius 3 is 2.68 bits per heavy atom. The second-order valence-electron chi connectivity index (χ2n) is 5.80. The normalized spacial score (nSPS) is 24.6. The molecule has 3 rings (SSSR count). The highest BCUT2D eigenvalue weighted by atomic mass is 35.5. The van der Waals surface area contributed by atoms with Crippen molar-refractivity contribution in [2.24, 2.45) is 11.8 Å². The number of fused-ring (bicyclic) bond motifs is 1. The van der Waals surface area contributed by atoms with Crippen LogP contribution in [0.3, 0.4) is 0 Å². The molecule has 2 saturated heterocycles. The predicted octanol–water partition coefficient (Wildman–Crippen LogP) is 2.81. The Hall–Kier alpha value is -1.27. The Labute approximate surface area is 133 Å². The van der Waals surface area contributed by atoms with Gasteiger partial charge in [-0.05, 0) is 49.5 Å². The Bertz CT molecular complexity index is 550. The van der Waals surface area contributed by atoms with Gasteiger partial charge in [-0.1, -0.05) is 6.07 Å². The van der Waals surface area contributed by atoms with Crippen LogP contribution in [0.2, 0.25) is 0 Å². The number of amides is 1. The van der Waals surface area contributed by atoms with E-state index in [0.29, 0.717) is 24.9 Å². The number of carbonyl (C=O) groups is 1. The van der Waals surface area contributed by atoms with E-state index in [4.69, 9.17) is 0 Å². The summed E-state index contributed by atoms with van der Waals surface area (Å²) in [5, 5.41) is 3.31. The van der Waals surface area contributed by atoms with Crippen molar-refractivity contribution in [3.05, 3.63) is 35.4 Å². The second kappa shape index (κ2) is 6.46. The van der Waals surface area contributed by atoms with E-state index in [0.717, 1.165) is 31.6 Å². The van der Waals surface area contributed by atoms with Gasteiger partial charge in [-0.3, -0.25) is 4.79 Å². The Balaban J connectivity index is 0.00000176. The molecule has 1 amide bonds. The van der Waals surface area contributed by atoms with Crippen LogP contribution in [0.25, 0.3) is 0 Å². The van der Waals surface area contributed by atoms with Gasteiger partial charge in [0, 0.05) is 18.7 Å². The smallest absolute Gasteiger partial charge is 0.338 e. The number of benzene rings is 1. The molecule has 2 aliphatic rings. The Kier molecular flexibility index (Phi) is 5.02. The zero-order valence-corrected chi connectivity index (χ0v) is 12.7. The molecule has 2 heterocycles. The molecule has 2 fully saturated rings. The van der Waals surface area contributed by atoms with Crippen molar-refractivity contribution >= 4 is 18.3 Å². The number of halogens is 4. The van der Waals surface area contributed by atoms with Crippen molar-refractivity contribution in [1.29, 1.82) is 0 Å². The maximum atomic E-state index is 12.7. The molecule has 1 aromatic carbocycles. The molecule has 2 unspecified atom stereocenters. The SMILES string of the molecule is Cl.O=C(c1cccc(C(F)(F)F)c1)N1CCC2CNCC2C1. The first-order chi connectivity index (χ1) is 9.95. The summed E-state index contributed by atoms with van der Waals surface area (Å²) in [6.45, 7) is 3.12. The lowest BCUT2D eigenvalue weighted by Crippen LogP contribution is -2.43. The van der Waals surface area contributed by atoms with Gasteiger partial charge in [0.25, 0.3) is 5.91 Å². The number of nitrogens with zero attached hydrogens (tertiary/aromatic N) is 1. The minimum Gasteiger partial charge on any atom is -0.338 e. The maximum Gasteiger partial charge on any atom is 0.416 e. The number of alkyl halides is 3. The molecular formula is C15H18ClF3N2O. The number of piperidine rings is 1. The zero-order chi connectivity index (χ0) is 15.0. The second-order valence-corrected chi connectivity index (χ2v) is 5.80. The van der Waals surface area contributed by atoms with E-state index in [1.807, 2.05) is 0 Å². The number of hydrogen-bond donors (Lipinski definition) is 1. The summed E-state index contributed by atoms with van der Waals surface area (Å²) in [5.74, 6) is 0.718. The molecule has 0 bridgehead atoms. The molecule has 0 spiro atoms. The van der Waals surface area contributed by atoms with Gasteiger partial charge in [-0.2, -0.15) is 13.2 Å². The lowest BCUT2D eigenvalue weighted by Gasteiger charge is -2.34. The number of likely N-dealkylation sites (tertiary alicyclic amines) is 1. The van der Waals surface area contributed by atoms with Gasteiger partial charge in [0.2, 0.25) is 0 Å². The molecule has 2 aliphatic heterocycles. The fourth-order valence-electron chi connectivity index (χ4n) is 3.23. The van der Waals surface area contributed by atoms with Crippen LogP contribution < -0.4 is 5.32 Å². The van der Waals surface area contributed by atoms with Crippen LogP contribution in [0.5, 0.6) is 0 Å². The third-order valence-electron chi connectivity index (χ3n) is 4.43.